The number of anilines is 1. The van der Waals surface area contributed by atoms with E-state index in [-0.39, 0.29) is 4.87 Å². The lowest BCUT2D eigenvalue weighted by Gasteiger charge is -2.12. The number of nitrogen functional groups attached to an aromatic ring is 1. The van der Waals surface area contributed by atoms with Crippen molar-refractivity contribution < 1.29 is 0 Å². The number of rotatable bonds is 4. The molecule has 0 unspecified atom stereocenters. The number of benzene rings is 1. The van der Waals surface area contributed by atoms with Gasteiger partial charge in [-0.05, 0) is 26.2 Å². The van der Waals surface area contributed by atoms with Gasteiger partial charge >= 0.3 is 4.87 Å². The summed E-state index contributed by atoms with van der Waals surface area (Å²) in [6, 6.07) is 7.62. The fraction of sp³-hybridized carbons (Fsp3) is 0.308. The summed E-state index contributed by atoms with van der Waals surface area (Å²) in [6.45, 7) is 1.53. The van der Waals surface area contributed by atoms with Gasteiger partial charge in [0, 0.05) is 29.7 Å². The second kappa shape index (κ2) is 5.37. The highest BCUT2D eigenvalue weighted by Crippen LogP contribution is 2.21. The van der Waals surface area contributed by atoms with Crippen molar-refractivity contribution in [3.05, 3.63) is 39.3 Å². The molecule has 0 aliphatic rings. The molecule has 96 valence electrons. The van der Waals surface area contributed by atoms with Gasteiger partial charge in [0.25, 0.3) is 0 Å². The summed E-state index contributed by atoms with van der Waals surface area (Å²) >= 11 is 1.23. The Balaban J connectivity index is 2.36. The molecule has 0 atom stereocenters. The summed E-state index contributed by atoms with van der Waals surface area (Å²) in [5.74, 6) is 0. The Morgan fingerprint density at radius 1 is 1.39 bits per heavy atom. The van der Waals surface area contributed by atoms with E-state index in [2.05, 4.69) is 4.90 Å². The lowest BCUT2D eigenvalue weighted by Crippen LogP contribution is -2.23. The van der Waals surface area contributed by atoms with Crippen LogP contribution in [0.25, 0.3) is 11.3 Å². The van der Waals surface area contributed by atoms with Crippen molar-refractivity contribution in [2.45, 2.75) is 6.54 Å². The third kappa shape index (κ3) is 2.80. The number of hydrogen-bond acceptors (Lipinski definition) is 4. The number of aromatic nitrogens is 1. The monoisotopic (exact) mass is 263 g/mol. The normalized spacial score (nSPS) is 11.1. The van der Waals surface area contributed by atoms with Crippen LogP contribution in [0, 0.1) is 0 Å². The molecule has 0 saturated carbocycles. The molecule has 0 saturated heterocycles. The van der Waals surface area contributed by atoms with Crippen LogP contribution in [0.1, 0.15) is 0 Å². The predicted octanol–water partition coefficient (Wildman–Crippen LogP) is 1.72. The molecule has 18 heavy (non-hydrogen) atoms. The van der Waals surface area contributed by atoms with Gasteiger partial charge in [-0.2, -0.15) is 0 Å². The Morgan fingerprint density at radius 3 is 2.83 bits per heavy atom. The topological polar surface area (TPSA) is 51.3 Å². The Kier molecular flexibility index (Phi) is 3.84. The smallest absolute Gasteiger partial charge is 0.307 e. The molecule has 0 bridgehead atoms. The maximum Gasteiger partial charge on any atom is 0.307 e. The van der Waals surface area contributed by atoms with E-state index in [1.54, 1.807) is 4.57 Å². The fourth-order valence-electron chi connectivity index (χ4n) is 1.77. The van der Waals surface area contributed by atoms with Gasteiger partial charge in [-0.1, -0.05) is 23.5 Å². The highest BCUT2D eigenvalue weighted by Gasteiger charge is 2.09. The van der Waals surface area contributed by atoms with Crippen LogP contribution < -0.4 is 10.6 Å². The molecular weight excluding hydrogens is 246 g/mol. The summed E-state index contributed by atoms with van der Waals surface area (Å²) in [5.41, 5.74) is 8.43. The Morgan fingerprint density at radius 2 is 2.17 bits per heavy atom. The standard InChI is InChI=1S/C13H17N3OS/c1-15(2)6-7-16-12(9-18-13(16)17)10-4-3-5-11(14)8-10/h3-5,8-9H,6-7,14H2,1-2H3. The van der Waals surface area contributed by atoms with Crippen LogP contribution in [0.3, 0.4) is 0 Å². The molecule has 1 heterocycles. The minimum absolute atomic E-state index is 0.0780. The third-order valence-electron chi connectivity index (χ3n) is 2.74. The maximum absolute atomic E-state index is 11.8. The third-order valence-corrected chi connectivity index (χ3v) is 3.50. The summed E-state index contributed by atoms with van der Waals surface area (Å²) in [5, 5.41) is 1.90. The molecule has 4 nitrogen and oxygen atoms in total. The largest absolute Gasteiger partial charge is 0.399 e. The minimum atomic E-state index is 0.0780. The molecule has 0 amide bonds. The van der Waals surface area contributed by atoms with Gasteiger partial charge in [0.2, 0.25) is 0 Å². The van der Waals surface area contributed by atoms with Crippen LogP contribution in [0.4, 0.5) is 5.69 Å². The van der Waals surface area contributed by atoms with Crippen LogP contribution in [0.5, 0.6) is 0 Å². The zero-order chi connectivity index (χ0) is 13.1. The second-order valence-corrected chi connectivity index (χ2v) is 5.29. The molecule has 0 spiro atoms. The predicted molar refractivity (Wildman–Crippen MR) is 77.0 cm³/mol. The first kappa shape index (κ1) is 12.9. The average Bonchev–Trinajstić information content (AvgIpc) is 2.68. The first-order chi connectivity index (χ1) is 8.58. The zero-order valence-corrected chi connectivity index (χ0v) is 11.4. The van der Waals surface area contributed by atoms with Crippen LogP contribution >= 0.6 is 11.3 Å². The molecular formula is C13H17N3OS. The number of likely N-dealkylation sites (N-methyl/N-ethyl adjacent to an activating group) is 1. The second-order valence-electron chi connectivity index (χ2n) is 4.47. The summed E-state index contributed by atoms with van der Waals surface area (Å²) in [6.07, 6.45) is 0. The maximum atomic E-state index is 11.8. The van der Waals surface area contributed by atoms with E-state index in [0.29, 0.717) is 12.2 Å². The lowest BCUT2D eigenvalue weighted by molar-refractivity contribution is 0.383. The van der Waals surface area contributed by atoms with Crippen molar-refractivity contribution in [3.8, 4) is 11.3 Å². The van der Waals surface area contributed by atoms with Crippen molar-refractivity contribution in [2.24, 2.45) is 0 Å². The summed E-state index contributed by atoms with van der Waals surface area (Å²) in [7, 11) is 4.00. The van der Waals surface area contributed by atoms with Gasteiger partial charge in [-0.3, -0.25) is 9.36 Å². The van der Waals surface area contributed by atoms with Gasteiger partial charge in [0.15, 0.2) is 0 Å². The number of nitrogens with zero attached hydrogens (tertiary/aromatic N) is 2. The van der Waals surface area contributed by atoms with E-state index in [1.165, 1.54) is 11.3 Å². The molecule has 1 aromatic heterocycles. The lowest BCUT2D eigenvalue weighted by atomic mass is 10.1. The van der Waals surface area contributed by atoms with E-state index >= 15 is 0 Å². The first-order valence-electron chi connectivity index (χ1n) is 5.77. The Labute approximate surface area is 110 Å². The molecule has 1 aromatic carbocycles. The van der Waals surface area contributed by atoms with Crippen molar-refractivity contribution in [1.82, 2.24) is 9.47 Å². The highest BCUT2D eigenvalue weighted by molar-refractivity contribution is 7.07. The van der Waals surface area contributed by atoms with Crippen LogP contribution in [0.2, 0.25) is 0 Å². The quantitative estimate of drug-likeness (QED) is 0.855. The van der Waals surface area contributed by atoms with Gasteiger partial charge < -0.3 is 10.6 Å². The summed E-state index contributed by atoms with van der Waals surface area (Å²) in [4.78, 5) is 14.0. The molecule has 0 aliphatic heterocycles. The van der Waals surface area contributed by atoms with Gasteiger partial charge in [-0.15, -0.1) is 0 Å². The highest BCUT2D eigenvalue weighted by atomic mass is 32.1. The number of nitrogens with two attached hydrogens (primary N) is 1. The van der Waals surface area contributed by atoms with E-state index in [0.717, 1.165) is 17.8 Å². The fourth-order valence-corrected chi connectivity index (χ4v) is 2.56. The van der Waals surface area contributed by atoms with Gasteiger partial charge in [0.05, 0.1) is 5.69 Å². The average molecular weight is 263 g/mol. The minimum Gasteiger partial charge on any atom is -0.399 e. The molecule has 0 aliphatic carbocycles. The zero-order valence-electron chi connectivity index (χ0n) is 10.6. The van der Waals surface area contributed by atoms with Crippen molar-refractivity contribution in [3.63, 3.8) is 0 Å². The Hall–Kier alpha value is -1.59. The van der Waals surface area contributed by atoms with Crippen molar-refractivity contribution >= 4 is 17.0 Å². The van der Waals surface area contributed by atoms with Crippen LogP contribution in [-0.2, 0) is 6.54 Å². The van der Waals surface area contributed by atoms with Crippen molar-refractivity contribution in [2.75, 3.05) is 26.4 Å². The number of thiazole rings is 1. The molecule has 2 rings (SSSR count). The molecule has 0 fully saturated rings. The number of hydrogen-bond donors (Lipinski definition) is 1. The van der Waals surface area contributed by atoms with Gasteiger partial charge in [0.1, 0.15) is 0 Å². The SMILES string of the molecule is CN(C)CCn1c(-c2cccc(N)c2)csc1=O. The Bertz CT molecular complexity index is 586. The van der Waals surface area contributed by atoms with Crippen molar-refractivity contribution in [1.29, 1.82) is 0 Å². The van der Waals surface area contributed by atoms with E-state index in [4.69, 9.17) is 5.73 Å². The van der Waals surface area contributed by atoms with Crippen LogP contribution in [0.15, 0.2) is 34.4 Å². The first-order valence-corrected chi connectivity index (χ1v) is 6.65. The molecule has 2 N–H and O–H groups in total. The van der Waals surface area contributed by atoms with E-state index < -0.39 is 0 Å². The molecule has 2 aromatic rings. The molecule has 5 heteroatoms. The molecule has 0 radical (unpaired) electrons. The van der Waals surface area contributed by atoms with Crippen LogP contribution in [-0.4, -0.2) is 30.1 Å². The van der Waals surface area contributed by atoms with E-state index in [1.807, 2.05) is 43.7 Å². The summed E-state index contributed by atoms with van der Waals surface area (Å²) < 4.78 is 1.80. The van der Waals surface area contributed by atoms with E-state index in [9.17, 15) is 4.79 Å². The van der Waals surface area contributed by atoms with Gasteiger partial charge in [-0.25, -0.2) is 0 Å².